The SMILES string of the molecule is Cl.N\C(=N/N=C/C=C/c1ccccc1)N/N=C/C=C/c1ccccc1. The molecule has 128 valence electrons. The summed E-state index contributed by atoms with van der Waals surface area (Å²) in [6, 6.07) is 19.9. The molecule has 2 aromatic rings. The molecule has 3 N–H and O–H groups in total. The maximum absolute atomic E-state index is 5.62. The van der Waals surface area contributed by atoms with Crippen LogP contribution in [0.15, 0.2) is 88.1 Å². The topological polar surface area (TPSA) is 75.1 Å². The third-order valence-electron chi connectivity index (χ3n) is 2.83. The zero-order valence-corrected chi connectivity index (χ0v) is 14.4. The molecule has 0 radical (unpaired) electrons. The van der Waals surface area contributed by atoms with Crippen molar-refractivity contribution in [2.24, 2.45) is 21.0 Å². The van der Waals surface area contributed by atoms with Gasteiger partial charge in [-0.15, -0.1) is 17.5 Å². The van der Waals surface area contributed by atoms with E-state index in [1.807, 2.05) is 78.9 Å². The van der Waals surface area contributed by atoms with Gasteiger partial charge in [-0.1, -0.05) is 72.8 Å². The van der Waals surface area contributed by atoms with Crippen LogP contribution < -0.4 is 11.2 Å². The fourth-order valence-corrected chi connectivity index (χ4v) is 1.74. The number of halogens is 1. The Morgan fingerprint density at radius 3 is 1.88 bits per heavy atom. The minimum absolute atomic E-state index is 0. The lowest BCUT2D eigenvalue weighted by molar-refractivity contribution is 0.995. The Balaban J connectivity index is 0.00000312. The number of nitrogens with two attached hydrogens (primary N) is 1. The molecule has 0 spiro atoms. The fraction of sp³-hybridized carbons (Fsp3) is 0. The van der Waals surface area contributed by atoms with Gasteiger partial charge in [0.25, 0.3) is 0 Å². The van der Waals surface area contributed by atoms with Crippen LogP contribution in [-0.4, -0.2) is 18.4 Å². The van der Waals surface area contributed by atoms with Gasteiger partial charge < -0.3 is 5.73 Å². The van der Waals surface area contributed by atoms with Crippen molar-refractivity contribution in [3.63, 3.8) is 0 Å². The summed E-state index contributed by atoms with van der Waals surface area (Å²) in [7, 11) is 0. The monoisotopic (exact) mass is 353 g/mol. The smallest absolute Gasteiger partial charge is 0.234 e. The summed E-state index contributed by atoms with van der Waals surface area (Å²) in [6.07, 6.45) is 10.6. The van der Waals surface area contributed by atoms with Crippen molar-refractivity contribution in [1.82, 2.24) is 5.43 Å². The summed E-state index contributed by atoms with van der Waals surface area (Å²) >= 11 is 0. The molecule has 0 heterocycles. The van der Waals surface area contributed by atoms with Crippen LogP contribution >= 0.6 is 12.4 Å². The van der Waals surface area contributed by atoms with Crippen molar-refractivity contribution in [2.75, 3.05) is 0 Å². The van der Waals surface area contributed by atoms with Gasteiger partial charge >= 0.3 is 0 Å². The van der Waals surface area contributed by atoms with Crippen molar-refractivity contribution in [3.05, 3.63) is 83.9 Å². The van der Waals surface area contributed by atoms with Crippen molar-refractivity contribution in [3.8, 4) is 0 Å². The summed E-state index contributed by atoms with van der Waals surface area (Å²) in [5.74, 6) is 0.115. The molecule has 5 nitrogen and oxygen atoms in total. The average Bonchev–Trinajstić information content (AvgIpc) is 2.63. The normalized spacial score (nSPS) is 12.2. The minimum Gasteiger partial charge on any atom is -0.367 e. The summed E-state index contributed by atoms with van der Waals surface area (Å²) in [5.41, 5.74) is 10.4. The van der Waals surface area contributed by atoms with Crippen molar-refractivity contribution < 1.29 is 0 Å². The van der Waals surface area contributed by atoms with Crippen LogP contribution in [0.3, 0.4) is 0 Å². The molecule has 0 bridgehead atoms. The Bertz CT molecular complexity index is 750. The van der Waals surface area contributed by atoms with Gasteiger partial charge in [0.1, 0.15) is 0 Å². The van der Waals surface area contributed by atoms with Crippen LogP contribution in [0, 0.1) is 0 Å². The van der Waals surface area contributed by atoms with Gasteiger partial charge in [-0.2, -0.15) is 10.2 Å². The van der Waals surface area contributed by atoms with Crippen molar-refractivity contribution in [2.45, 2.75) is 0 Å². The van der Waals surface area contributed by atoms with E-state index in [-0.39, 0.29) is 18.4 Å². The Kier molecular flexibility index (Phi) is 9.75. The van der Waals surface area contributed by atoms with Crippen LogP contribution in [0.4, 0.5) is 0 Å². The van der Waals surface area contributed by atoms with E-state index in [9.17, 15) is 0 Å². The van der Waals surface area contributed by atoms with Gasteiger partial charge in [0.2, 0.25) is 5.96 Å². The number of nitrogens with zero attached hydrogens (tertiary/aromatic N) is 3. The van der Waals surface area contributed by atoms with Crippen LogP contribution in [0.1, 0.15) is 11.1 Å². The van der Waals surface area contributed by atoms with Crippen molar-refractivity contribution in [1.29, 1.82) is 0 Å². The molecule has 2 aromatic carbocycles. The number of guanidine groups is 1. The molecule has 0 atom stereocenters. The fourth-order valence-electron chi connectivity index (χ4n) is 1.74. The first kappa shape index (κ1) is 19.9. The molecule has 0 fully saturated rings. The van der Waals surface area contributed by atoms with Gasteiger partial charge in [0.05, 0.1) is 0 Å². The van der Waals surface area contributed by atoms with E-state index < -0.39 is 0 Å². The first-order valence-electron chi connectivity index (χ1n) is 7.43. The summed E-state index contributed by atoms with van der Waals surface area (Å²) in [5, 5.41) is 11.5. The Hall–Kier alpha value is -3.18. The maximum Gasteiger partial charge on any atom is 0.234 e. The predicted molar refractivity (Wildman–Crippen MR) is 110 cm³/mol. The van der Waals surface area contributed by atoms with E-state index in [2.05, 4.69) is 20.7 Å². The minimum atomic E-state index is 0. The molecular formula is C19H20ClN5. The van der Waals surface area contributed by atoms with E-state index in [0.29, 0.717) is 0 Å². The summed E-state index contributed by atoms with van der Waals surface area (Å²) in [6.45, 7) is 0. The number of hydrogen-bond donors (Lipinski definition) is 2. The first-order chi connectivity index (χ1) is 11.8. The molecule has 25 heavy (non-hydrogen) atoms. The lowest BCUT2D eigenvalue weighted by atomic mass is 10.2. The van der Waals surface area contributed by atoms with Gasteiger partial charge in [0.15, 0.2) is 0 Å². The predicted octanol–water partition coefficient (Wildman–Crippen LogP) is 3.71. The third kappa shape index (κ3) is 8.88. The largest absolute Gasteiger partial charge is 0.367 e. The highest BCUT2D eigenvalue weighted by Crippen LogP contribution is 2.00. The number of hydrazone groups is 1. The number of allylic oxidation sites excluding steroid dienone is 2. The molecule has 0 aliphatic carbocycles. The number of rotatable bonds is 6. The van der Waals surface area contributed by atoms with E-state index in [1.54, 1.807) is 18.5 Å². The van der Waals surface area contributed by atoms with Gasteiger partial charge in [-0.3, -0.25) is 0 Å². The number of hydrogen-bond acceptors (Lipinski definition) is 3. The van der Waals surface area contributed by atoms with Gasteiger partial charge in [0, 0.05) is 12.4 Å². The maximum atomic E-state index is 5.62. The third-order valence-corrected chi connectivity index (χ3v) is 2.83. The van der Waals surface area contributed by atoms with E-state index >= 15 is 0 Å². The Labute approximate surface area is 153 Å². The lowest BCUT2D eigenvalue weighted by Gasteiger charge is -1.93. The molecular weight excluding hydrogens is 334 g/mol. The second-order valence-corrected chi connectivity index (χ2v) is 4.68. The zero-order chi connectivity index (χ0) is 16.9. The van der Waals surface area contributed by atoms with E-state index in [4.69, 9.17) is 5.73 Å². The summed E-state index contributed by atoms with van der Waals surface area (Å²) < 4.78 is 0. The molecule has 0 saturated carbocycles. The first-order valence-corrected chi connectivity index (χ1v) is 7.43. The Morgan fingerprint density at radius 1 is 0.800 bits per heavy atom. The van der Waals surface area contributed by atoms with Crippen LogP contribution in [0.5, 0.6) is 0 Å². The molecule has 0 amide bonds. The van der Waals surface area contributed by atoms with E-state index in [0.717, 1.165) is 11.1 Å². The second-order valence-electron chi connectivity index (χ2n) is 4.68. The quantitative estimate of drug-likeness (QED) is 0.472. The van der Waals surface area contributed by atoms with Crippen LogP contribution in [0.25, 0.3) is 12.2 Å². The van der Waals surface area contributed by atoms with Crippen molar-refractivity contribution >= 4 is 42.9 Å². The van der Waals surface area contributed by atoms with Gasteiger partial charge in [-0.05, 0) is 23.3 Å². The summed E-state index contributed by atoms with van der Waals surface area (Å²) in [4.78, 5) is 0. The van der Waals surface area contributed by atoms with Crippen LogP contribution in [-0.2, 0) is 0 Å². The molecule has 0 saturated heterocycles. The molecule has 2 rings (SSSR count). The molecule has 0 aromatic heterocycles. The highest BCUT2D eigenvalue weighted by atomic mass is 35.5. The molecule has 0 aliphatic rings. The highest BCUT2D eigenvalue weighted by Gasteiger charge is 1.84. The van der Waals surface area contributed by atoms with Crippen LogP contribution in [0.2, 0.25) is 0 Å². The molecule has 0 unspecified atom stereocenters. The molecule has 0 aliphatic heterocycles. The van der Waals surface area contributed by atoms with Gasteiger partial charge in [-0.25, -0.2) is 5.43 Å². The van der Waals surface area contributed by atoms with E-state index in [1.165, 1.54) is 0 Å². The number of benzene rings is 2. The Morgan fingerprint density at radius 2 is 1.32 bits per heavy atom. The number of nitrogens with one attached hydrogen (secondary N) is 1. The molecule has 6 heteroatoms. The standard InChI is InChI=1S/C19H19N5.ClH/c20-19(23-21-15-7-13-17-9-3-1-4-10-17)24-22-16-8-14-18-11-5-2-6-12-18;/h1-16H,(H3,20,23,24);1H/b13-7+,14-8+,21-15+,22-16+;. The highest BCUT2D eigenvalue weighted by molar-refractivity contribution is 5.85. The lowest BCUT2D eigenvalue weighted by Crippen LogP contribution is -2.26. The second kappa shape index (κ2) is 12.3. The average molecular weight is 354 g/mol. The zero-order valence-electron chi connectivity index (χ0n) is 13.6.